The summed E-state index contributed by atoms with van der Waals surface area (Å²) in [4.78, 5) is 10.8. The topological polar surface area (TPSA) is 81.1 Å². The van der Waals surface area contributed by atoms with Gasteiger partial charge in [0.2, 0.25) is 5.91 Å². The van der Waals surface area contributed by atoms with Crippen LogP contribution in [0.4, 0.5) is 11.4 Å². The maximum Gasteiger partial charge on any atom is 0.239 e. The second-order valence-electron chi connectivity index (χ2n) is 3.34. The average molecular weight is 193 g/mol. The van der Waals surface area contributed by atoms with E-state index in [1.165, 1.54) is 0 Å². The van der Waals surface area contributed by atoms with Gasteiger partial charge in [0, 0.05) is 11.4 Å². The lowest BCUT2D eigenvalue weighted by molar-refractivity contribution is -0.118. The molecule has 0 aromatic heterocycles. The van der Waals surface area contributed by atoms with E-state index in [0.29, 0.717) is 0 Å². The fraction of sp³-hybridized carbons (Fsp3) is 0.300. The fourth-order valence-electron chi connectivity index (χ4n) is 1.09. The largest absolute Gasteiger partial charge is 0.399 e. The summed E-state index contributed by atoms with van der Waals surface area (Å²) in [7, 11) is 0. The predicted octanol–water partition coefficient (Wildman–Crippen LogP) is 0.863. The SMILES string of the molecule is Cc1cc(NC(C)C(N)=O)ccc1N. The number of hydrogen-bond donors (Lipinski definition) is 3. The molecule has 0 saturated heterocycles. The summed E-state index contributed by atoms with van der Waals surface area (Å²) in [5, 5.41) is 2.98. The van der Waals surface area contributed by atoms with E-state index in [4.69, 9.17) is 11.5 Å². The number of rotatable bonds is 3. The van der Waals surface area contributed by atoms with Gasteiger partial charge < -0.3 is 16.8 Å². The molecule has 0 fully saturated rings. The first-order valence-electron chi connectivity index (χ1n) is 4.42. The summed E-state index contributed by atoms with van der Waals surface area (Å²) in [5.74, 6) is -0.375. The summed E-state index contributed by atoms with van der Waals surface area (Å²) < 4.78 is 0. The van der Waals surface area contributed by atoms with Crippen LogP contribution in [0.2, 0.25) is 0 Å². The summed E-state index contributed by atoms with van der Waals surface area (Å²) in [6, 6.07) is 5.13. The highest BCUT2D eigenvalue weighted by atomic mass is 16.1. The van der Waals surface area contributed by atoms with Gasteiger partial charge in [-0.05, 0) is 37.6 Å². The minimum atomic E-state index is -0.377. The van der Waals surface area contributed by atoms with E-state index in [1.807, 2.05) is 19.1 Å². The molecule has 1 rings (SSSR count). The molecule has 1 atom stereocenters. The Balaban J connectivity index is 2.78. The van der Waals surface area contributed by atoms with Gasteiger partial charge in [-0.2, -0.15) is 0 Å². The van der Waals surface area contributed by atoms with E-state index in [1.54, 1.807) is 13.0 Å². The molecule has 1 unspecified atom stereocenters. The van der Waals surface area contributed by atoms with Crippen molar-refractivity contribution in [2.24, 2.45) is 5.73 Å². The van der Waals surface area contributed by atoms with Crippen LogP contribution in [0.25, 0.3) is 0 Å². The Morgan fingerprint density at radius 2 is 2.14 bits per heavy atom. The number of hydrogen-bond acceptors (Lipinski definition) is 3. The second-order valence-corrected chi connectivity index (χ2v) is 3.34. The molecule has 0 bridgehead atoms. The number of amides is 1. The Morgan fingerprint density at radius 3 is 2.64 bits per heavy atom. The Hall–Kier alpha value is -1.71. The zero-order chi connectivity index (χ0) is 10.7. The summed E-state index contributed by atoms with van der Waals surface area (Å²) in [6.45, 7) is 3.63. The van der Waals surface area contributed by atoms with E-state index in [-0.39, 0.29) is 11.9 Å². The standard InChI is InChI=1S/C10H15N3O/c1-6-5-8(3-4-9(6)11)13-7(2)10(12)14/h3-5,7,13H,11H2,1-2H3,(H2,12,14). The highest BCUT2D eigenvalue weighted by Crippen LogP contribution is 2.16. The lowest BCUT2D eigenvalue weighted by Gasteiger charge is -2.12. The molecule has 5 N–H and O–H groups in total. The van der Waals surface area contributed by atoms with Crippen molar-refractivity contribution in [2.45, 2.75) is 19.9 Å². The molecule has 0 heterocycles. The van der Waals surface area contributed by atoms with Gasteiger partial charge in [0.05, 0.1) is 0 Å². The minimum Gasteiger partial charge on any atom is -0.399 e. The molecule has 1 amide bonds. The van der Waals surface area contributed by atoms with E-state index < -0.39 is 0 Å². The van der Waals surface area contributed by atoms with E-state index in [2.05, 4.69) is 5.32 Å². The monoisotopic (exact) mass is 193 g/mol. The maximum atomic E-state index is 10.8. The van der Waals surface area contributed by atoms with Gasteiger partial charge in [-0.25, -0.2) is 0 Å². The van der Waals surface area contributed by atoms with Gasteiger partial charge in [0.25, 0.3) is 0 Å². The molecular weight excluding hydrogens is 178 g/mol. The molecule has 1 aromatic carbocycles. The van der Waals surface area contributed by atoms with Gasteiger partial charge >= 0.3 is 0 Å². The number of primary amides is 1. The normalized spacial score (nSPS) is 12.1. The zero-order valence-electron chi connectivity index (χ0n) is 8.37. The third-order valence-electron chi connectivity index (χ3n) is 2.08. The number of aryl methyl sites for hydroxylation is 1. The van der Waals surface area contributed by atoms with Crippen molar-refractivity contribution in [1.29, 1.82) is 0 Å². The summed E-state index contributed by atoms with van der Waals surface area (Å²) >= 11 is 0. The van der Waals surface area contributed by atoms with E-state index in [0.717, 1.165) is 16.9 Å². The van der Waals surface area contributed by atoms with Crippen LogP contribution >= 0.6 is 0 Å². The fourth-order valence-corrected chi connectivity index (χ4v) is 1.09. The van der Waals surface area contributed by atoms with Crippen LogP contribution in [-0.4, -0.2) is 11.9 Å². The van der Waals surface area contributed by atoms with Crippen LogP contribution in [0.15, 0.2) is 18.2 Å². The van der Waals surface area contributed by atoms with Crippen LogP contribution in [0.5, 0.6) is 0 Å². The number of nitrogens with two attached hydrogens (primary N) is 2. The highest BCUT2D eigenvalue weighted by Gasteiger charge is 2.07. The molecule has 0 aliphatic carbocycles. The van der Waals surface area contributed by atoms with Gasteiger partial charge in [-0.15, -0.1) is 0 Å². The summed E-state index contributed by atoms with van der Waals surface area (Å²) in [6.07, 6.45) is 0. The first-order valence-corrected chi connectivity index (χ1v) is 4.42. The van der Waals surface area contributed by atoms with E-state index in [9.17, 15) is 4.79 Å². The Bertz CT molecular complexity index is 349. The Morgan fingerprint density at radius 1 is 1.50 bits per heavy atom. The molecule has 14 heavy (non-hydrogen) atoms. The molecule has 4 heteroatoms. The van der Waals surface area contributed by atoms with Crippen molar-refractivity contribution in [3.8, 4) is 0 Å². The molecule has 1 aromatic rings. The zero-order valence-corrected chi connectivity index (χ0v) is 8.37. The van der Waals surface area contributed by atoms with Gasteiger partial charge in [-0.1, -0.05) is 0 Å². The Labute approximate surface area is 83.3 Å². The van der Waals surface area contributed by atoms with Crippen molar-refractivity contribution in [3.05, 3.63) is 23.8 Å². The number of nitrogen functional groups attached to an aromatic ring is 1. The first kappa shape index (κ1) is 10.4. The molecule has 0 aliphatic heterocycles. The quantitative estimate of drug-likeness (QED) is 0.623. The lowest BCUT2D eigenvalue weighted by atomic mass is 10.1. The van der Waals surface area contributed by atoms with Crippen molar-refractivity contribution < 1.29 is 4.79 Å². The molecule has 0 aliphatic rings. The first-order chi connectivity index (χ1) is 6.50. The Kier molecular flexibility index (Phi) is 2.96. The number of benzene rings is 1. The predicted molar refractivity (Wildman–Crippen MR) is 57.9 cm³/mol. The van der Waals surface area contributed by atoms with Crippen LogP contribution in [0.1, 0.15) is 12.5 Å². The molecule has 4 nitrogen and oxygen atoms in total. The molecular formula is C10H15N3O. The molecule has 0 spiro atoms. The number of carbonyl (C=O) groups excluding carboxylic acids is 1. The number of anilines is 2. The minimum absolute atomic E-state index is 0.375. The van der Waals surface area contributed by atoms with Crippen LogP contribution in [0.3, 0.4) is 0 Å². The van der Waals surface area contributed by atoms with Crippen LogP contribution in [-0.2, 0) is 4.79 Å². The van der Waals surface area contributed by atoms with Crippen LogP contribution < -0.4 is 16.8 Å². The maximum absolute atomic E-state index is 10.8. The van der Waals surface area contributed by atoms with Crippen molar-refractivity contribution >= 4 is 17.3 Å². The number of carbonyl (C=O) groups is 1. The lowest BCUT2D eigenvalue weighted by Crippen LogP contribution is -2.32. The molecule has 0 saturated carbocycles. The van der Waals surface area contributed by atoms with Gasteiger partial charge in [-0.3, -0.25) is 4.79 Å². The highest BCUT2D eigenvalue weighted by molar-refractivity contribution is 5.82. The van der Waals surface area contributed by atoms with Gasteiger partial charge in [0.1, 0.15) is 6.04 Å². The molecule has 76 valence electrons. The van der Waals surface area contributed by atoms with Crippen molar-refractivity contribution in [2.75, 3.05) is 11.1 Å². The van der Waals surface area contributed by atoms with Crippen molar-refractivity contribution in [3.63, 3.8) is 0 Å². The van der Waals surface area contributed by atoms with Gasteiger partial charge in [0.15, 0.2) is 0 Å². The third-order valence-corrected chi connectivity index (χ3v) is 2.08. The average Bonchev–Trinajstić information content (AvgIpc) is 2.11. The second kappa shape index (κ2) is 4.00. The van der Waals surface area contributed by atoms with Crippen LogP contribution in [0, 0.1) is 6.92 Å². The van der Waals surface area contributed by atoms with E-state index >= 15 is 0 Å². The van der Waals surface area contributed by atoms with Crippen molar-refractivity contribution in [1.82, 2.24) is 0 Å². The third kappa shape index (κ3) is 2.39. The molecule has 0 radical (unpaired) electrons. The summed E-state index contributed by atoms with van der Waals surface area (Å²) in [5.41, 5.74) is 13.4. The number of nitrogens with one attached hydrogen (secondary N) is 1. The smallest absolute Gasteiger partial charge is 0.239 e.